The van der Waals surface area contributed by atoms with E-state index < -0.39 is 0 Å². The van der Waals surface area contributed by atoms with Gasteiger partial charge in [-0.15, -0.1) is 0 Å². The molecule has 0 unspecified atom stereocenters. The van der Waals surface area contributed by atoms with Crippen LogP contribution in [0, 0.1) is 16.7 Å². The van der Waals surface area contributed by atoms with Gasteiger partial charge in [0.05, 0.1) is 6.07 Å². The summed E-state index contributed by atoms with van der Waals surface area (Å²) in [6, 6.07) is 2.17. The smallest absolute Gasteiger partial charge is 0.0635 e. The Morgan fingerprint density at radius 2 is 2.25 bits per heavy atom. The topological polar surface area (TPSA) is 27.0 Å². The number of rotatable bonds is 5. The van der Waals surface area contributed by atoms with Gasteiger partial charge in [0.1, 0.15) is 0 Å². The SMILES string of the molecule is CN(CCC#N)CC1(CBr)CC1. The number of halogens is 1. The van der Waals surface area contributed by atoms with Crippen LogP contribution in [0.25, 0.3) is 0 Å². The number of nitriles is 1. The fraction of sp³-hybridized carbons (Fsp3) is 0.889. The summed E-state index contributed by atoms with van der Waals surface area (Å²) in [5.41, 5.74) is 0.546. The van der Waals surface area contributed by atoms with Crippen molar-refractivity contribution < 1.29 is 0 Å². The zero-order chi connectivity index (χ0) is 9.03. The summed E-state index contributed by atoms with van der Waals surface area (Å²) in [5.74, 6) is 0. The molecule has 12 heavy (non-hydrogen) atoms. The van der Waals surface area contributed by atoms with Crippen molar-refractivity contribution in [3.8, 4) is 6.07 Å². The zero-order valence-electron chi connectivity index (χ0n) is 7.52. The average molecular weight is 231 g/mol. The van der Waals surface area contributed by atoms with Crippen LogP contribution in [-0.4, -0.2) is 30.4 Å². The Morgan fingerprint density at radius 1 is 1.58 bits per heavy atom. The van der Waals surface area contributed by atoms with Crippen molar-refractivity contribution in [2.45, 2.75) is 19.3 Å². The van der Waals surface area contributed by atoms with Gasteiger partial charge in [-0.05, 0) is 25.3 Å². The molecule has 0 saturated heterocycles. The van der Waals surface area contributed by atoms with Crippen molar-refractivity contribution in [3.63, 3.8) is 0 Å². The molecule has 0 N–H and O–H groups in total. The van der Waals surface area contributed by atoms with Crippen LogP contribution < -0.4 is 0 Å². The van der Waals surface area contributed by atoms with E-state index in [4.69, 9.17) is 5.26 Å². The molecule has 0 spiro atoms. The van der Waals surface area contributed by atoms with E-state index in [1.54, 1.807) is 0 Å². The van der Waals surface area contributed by atoms with Gasteiger partial charge in [-0.1, -0.05) is 15.9 Å². The fourth-order valence-corrected chi connectivity index (χ4v) is 2.14. The van der Waals surface area contributed by atoms with Crippen LogP contribution in [0.1, 0.15) is 19.3 Å². The summed E-state index contributed by atoms with van der Waals surface area (Å²) in [6.45, 7) is 2.05. The molecule has 0 radical (unpaired) electrons. The molecule has 3 heteroatoms. The molecule has 0 aromatic rings. The Kier molecular flexibility index (Phi) is 3.54. The molecule has 1 rings (SSSR count). The van der Waals surface area contributed by atoms with E-state index in [0.717, 1.165) is 18.4 Å². The predicted octanol–water partition coefficient (Wildman–Crippen LogP) is 2.01. The van der Waals surface area contributed by atoms with E-state index in [2.05, 4.69) is 33.9 Å². The second-order valence-electron chi connectivity index (χ2n) is 3.78. The maximum atomic E-state index is 8.40. The van der Waals surface area contributed by atoms with Gasteiger partial charge in [0, 0.05) is 24.8 Å². The van der Waals surface area contributed by atoms with Gasteiger partial charge >= 0.3 is 0 Å². The molecule has 0 bridgehead atoms. The van der Waals surface area contributed by atoms with Crippen molar-refractivity contribution in [2.75, 3.05) is 25.5 Å². The summed E-state index contributed by atoms with van der Waals surface area (Å²) < 4.78 is 0. The molecule has 1 aliphatic carbocycles. The average Bonchev–Trinajstić information content (AvgIpc) is 2.82. The first-order valence-electron chi connectivity index (χ1n) is 4.34. The molecule has 0 amide bonds. The van der Waals surface area contributed by atoms with E-state index in [-0.39, 0.29) is 0 Å². The molecule has 0 aromatic heterocycles. The minimum Gasteiger partial charge on any atom is -0.305 e. The highest BCUT2D eigenvalue weighted by Crippen LogP contribution is 2.47. The lowest BCUT2D eigenvalue weighted by molar-refractivity contribution is 0.284. The Morgan fingerprint density at radius 3 is 2.67 bits per heavy atom. The third-order valence-corrected chi connectivity index (χ3v) is 3.64. The first-order chi connectivity index (χ1) is 5.72. The second-order valence-corrected chi connectivity index (χ2v) is 4.34. The van der Waals surface area contributed by atoms with Gasteiger partial charge in [-0.3, -0.25) is 0 Å². The Labute approximate surface area is 82.7 Å². The molecule has 1 fully saturated rings. The van der Waals surface area contributed by atoms with Crippen LogP contribution in [0.4, 0.5) is 0 Å². The quantitative estimate of drug-likeness (QED) is 0.676. The summed E-state index contributed by atoms with van der Waals surface area (Å²) >= 11 is 3.54. The van der Waals surface area contributed by atoms with E-state index in [0.29, 0.717) is 11.8 Å². The van der Waals surface area contributed by atoms with E-state index in [9.17, 15) is 0 Å². The summed E-state index contributed by atoms with van der Waals surface area (Å²) in [6.07, 6.45) is 3.33. The molecule has 1 aliphatic rings. The minimum absolute atomic E-state index is 0.546. The molecular formula is C9H15BrN2. The Bertz CT molecular complexity index is 181. The van der Waals surface area contributed by atoms with Crippen molar-refractivity contribution in [1.82, 2.24) is 4.90 Å². The first kappa shape index (κ1) is 10.0. The van der Waals surface area contributed by atoms with Crippen LogP contribution in [0.2, 0.25) is 0 Å². The van der Waals surface area contributed by atoms with Gasteiger partial charge in [0.15, 0.2) is 0 Å². The zero-order valence-corrected chi connectivity index (χ0v) is 9.10. The van der Waals surface area contributed by atoms with Crippen LogP contribution in [-0.2, 0) is 0 Å². The van der Waals surface area contributed by atoms with Crippen LogP contribution in [0.5, 0.6) is 0 Å². The fourth-order valence-electron chi connectivity index (χ4n) is 1.40. The van der Waals surface area contributed by atoms with Gasteiger partial charge in [-0.25, -0.2) is 0 Å². The highest BCUT2D eigenvalue weighted by atomic mass is 79.9. The molecule has 0 atom stereocenters. The molecule has 2 nitrogen and oxygen atoms in total. The van der Waals surface area contributed by atoms with Crippen molar-refractivity contribution in [1.29, 1.82) is 5.26 Å². The van der Waals surface area contributed by atoms with Crippen molar-refractivity contribution in [3.05, 3.63) is 0 Å². The van der Waals surface area contributed by atoms with Crippen molar-refractivity contribution >= 4 is 15.9 Å². The standard InChI is InChI=1S/C9H15BrN2/c1-12(6-2-5-11)8-9(7-10)3-4-9/h2-4,6-8H2,1H3. The van der Waals surface area contributed by atoms with E-state index >= 15 is 0 Å². The van der Waals surface area contributed by atoms with Crippen molar-refractivity contribution in [2.24, 2.45) is 5.41 Å². The van der Waals surface area contributed by atoms with Gasteiger partial charge < -0.3 is 4.90 Å². The van der Waals surface area contributed by atoms with Crippen LogP contribution >= 0.6 is 15.9 Å². The van der Waals surface area contributed by atoms with E-state index in [1.807, 2.05) is 0 Å². The largest absolute Gasteiger partial charge is 0.305 e. The molecule has 0 heterocycles. The third-order valence-electron chi connectivity index (χ3n) is 2.45. The lowest BCUT2D eigenvalue weighted by Crippen LogP contribution is -2.28. The lowest BCUT2D eigenvalue weighted by atomic mass is 10.1. The number of nitrogens with zero attached hydrogens (tertiary/aromatic N) is 2. The van der Waals surface area contributed by atoms with Gasteiger partial charge in [-0.2, -0.15) is 5.26 Å². The number of alkyl halides is 1. The number of hydrogen-bond acceptors (Lipinski definition) is 2. The van der Waals surface area contributed by atoms with Crippen LogP contribution in [0.15, 0.2) is 0 Å². The minimum atomic E-state index is 0.546. The summed E-state index contributed by atoms with van der Waals surface area (Å²) in [5, 5.41) is 9.51. The molecule has 68 valence electrons. The molecular weight excluding hydrogens is 216 g/mol. The summed E-state index contributed by atoms with van der Waals surface area (Å²) in [4.78, 5) is 2.26. The Hall–Kier alpha value is -0.0700. The summed E-state index contributed by atoms with van der Waals surface area (Å²) in [7, 11) is 2.10. The normalized spacial score (nSPS) is 19.2. The van der Waals surface area contributed by atoms with E-state index in [1.165, 1.54) is 12.8 Å². The Balaban J connectivity index is 2.18. The molecule has 0 aliphatic heterocycles. The van der Waals surface area contributed by atoms with Crippen LogP contribution in [0.3, 0.4) is 0 Å². The van der Waals surface area contributed by atoms with Gasteiger partial charge in [0.25, 0.3) is 0 Å². The first-order valence-corrected chi connectivity index (χ1v) is 5.46. The number of hydrogen-bond donors (Lipinski definition) is 0. The monoisotopic (exact) mass is 230 g/mol. The third kappa shape index (κ3) is 2.76. The molecule has 1 saturated carbocycles. The lowest BCUT2D eigenvalue weighted by Gasteiger charge is -2.20. The predicted molar refractivity (Wildman–Crippen MR) is 53.2 cm³/mol. The highest BCUT2D eigenvalue weighted by molar-refractivity contribution is 9.09. The highest BCUT2D eigenvalue weighted by Gasteiger charge is 2.41. The molecule has 0 aromatic carbocycles. The van der Waals surface area contributed by atoms with Gasteiger partial charge in [0.2, 0.25) is 0 Å². The maximum absolute atomic E-state index is 8.40. The second kappa shape index (κ2) is 4.25. The maximum Gasteiger partial charge on any atom is 0.0635 e.